The maximum atomic E-state index is 12.5. The molecule has 0 fully saturated rings. The second-order valence-corrected chi connectivity index (χ2v) is 6.74. The number of nitrogens with one attached hydrogen (secondary N) is 2. The molecule has 0 bridgehead atoms. The molecule has 1 aliphatic rings. The molecule has 3 N–H and O–H groups in total. The van der Waals surface area contributed by atoms with Gasteiger partial charge in [-0.25, -0.2) is 4.79 Å². The Labute approximate surface area is 142 Å². The number of aryl methyl sites for hydroxylation is 1. The van der Waals surface area contributed by atoms with E-state index < -0.39 is 6.10 Å². The molecule has 0 spiro atoms. The molecule has 0 heterocycles. The van der Waals surface area contributed by atoms with Gasteiger partial charge in [-0.15, -0.1) is 0 Å². The summed E-state index contributed by atoms with van der Waals surface area (Å²) in [4.78, 5) is 12.5. The highest BCUT2D eigenvalue weighted by atomic mass is 16.3. The highest BCUT2D eigenvalue weighted by Gasteiger charge is 2.32. The van der Waals surface area contributed by atoms with E-state index in [1.807, 2.05) is 49.4 Å². The first-order valence-corrected chi connectivity index (χ1v) is 8.40. The van der Waals surface area contributed by atoms with E-state index in [1.165, 1.54) is 0 Å². The predicted molar refractivity (Wildman–Crippen MR) is 96.3 cm³/mol. The highest BCUT2D eigenvalue weighted by Crippen LogP contribution is 2.32. The van der Waals surface area contributed by atoms with Crippen LogP contribution in [-0.2, 0) is 6.42 Å². The molecule has 0 aliphatic heterocycles. The molecule has 0 aromatic heterocycles. The highest BCUT2D eigenvalue weighted by molar-refractivity contribution is 5.91. The van der Waals surface area contributed by atoms with Crippen molar-refractivity contribution in [3.63, 3.8) is 0 Å². The number of para-hydroxylation sites is 1. The fourth-order valence-electron chi connectivity index (χ4n) is 3.38. The molecule has 0 saturated carbocycles. The van der Waals surface area contributed by atoms with Crippen molar-refractivity contribution in [2.24, 2.45) is 0 Å². The topological polar surface area (TPSA) is 61.4 Å². The number of fused-ring (bicyclic) bond motifs is 1. The van der Waals surface area contributed by atoms with Gasteiger partial charge in [0.15, 0.2) is 0 Å². The van der Waals surface area contributed by atoms with Crippen molar-refractivity contribution in [1.82, 2.24) is 5.32 Å². The lowest BCUT2D eigenvalue weighted by Gasteiger charge is -2.21. The standard InChI is InChI=1S/C20H24N2O2/c1-12(2)15-10-6-7-13(3)18(15)21-20(24)22-19-16-9-5-4-8-14(16)11-17(19)23/h4-10,12,17,19,23H,11H2,1-3H3,(H2,21,22,24)/t17-,19+/m0/s1. The Hall–Kier alpha value is -2.33. The van der Waals surface area contributed by atoms with Gasteiger partial charge in [0, 0.05) is 12.1 Å². The van der Waals surface area contributed by atoms with Gasteiger partial charge in [0.25, 0.3) is 0 Å². The molecule has 1 aliphatic carbocycles. The number of carbonyl (C=O) groups excluding carboxylic acids is 1. The van der Waals surface area contributed by atoms with E-state index in [-0.39, 0.29) is 12.1 Å². The lowest BCUT2D eigenvalue weighted by atomic mass is 9.98. The molecule has 0 radical (unpaired) electrons. The number of benzene rings is 2. The maximum absolute atomic E-state index is 12.5. The monoisotopic (exact) mass is 324 g/mol. The summed E-state index contributed by atoms with van der Waals surface area (Å²) < 4.78 is 0. The maximum Gasteiger partial charge on any atom is 0.319 e. The zero-order chi connectivity index (χ0) is 17.3. The van der Waals surface area contributed by atoms with Crippen LogP contribution in [0.4, 0.5) is 10.5 Å². The summed E-state index contributed by atoms with van der Waals surface area (Å²) in [6.07, 6.45) is -0.0162. The van der Waals surface area contributed by atoms with Gasteiger partial charge in [-0.2, -0.15) is 0 Å². The van der Waals surface area contributed by atoms with E-state index in [4.69, 9.17) is 0 Å². The van der Waals surface area contributed by atoms with Crippen LogP contribution in [-0.4, -0.2) is 17.2 Å². The number of aliphatic hydroxyl groups excluding tert-OH is 1. The number of amides is 2. The third-order valence-corrected chi connectivity index (χ3v) is 4.66. The first-order chi connectivity index (χ1) is 11.5. The second-order valence-electron chi connectivity index (χ2n) is 6.74. The number of anilines is 1. The van der Waals surface area contributed by atoms with Crippen molar-refractivity contribution in [1.29, 1.82) is 0 Å². The average molecular weight is 324 g/mol. The Morgan fingerprint density at radius 2 is 1.92 bits per heavy atom. The van der Waals surface area contributed by atoms with E-state index in [1.54, 1.807) is 0 Å². The van der Waals surface area contributed by atoms with Crippen LogP contribution in [0.3, 0.4) is 0 Å². The predicted octanol–water partition coefficient (Wildman–Crippen LogP) is 3.90. The lowest BCUT2D eigenvalue weighted by Crippen LogP contribution is -2.37. The molecular formula is C20H24N2O2. The van der Waals surface area contributed by atoms with E-state index in [0.29, 0.717) is 12.3 Å². The molecule has 4 nitrogen and oxygen atoms in total. The molecule has 2 aromatic rings. The molecular weight excluding hydrogens is 300 g/mol. The van der Waals surface area contributed by atoms with Gasteiger partial charge in [0.1, 0.15) is 0 Å². The largest absolute Gasteiger partial charge is 0.390 e. The van der Waals surface area contributed by atoms with Crippen molar-refractivity contribution in [2.45, 2.75) is 45.3 Å². The number of carbonyl (C=O) groups is 1. The third kappa shape index (κ3) is 3.15. The Morgan fingerprint density at radius 3 is 2.67 bits per heavy atom. The van der Waals surface area contributed by atoms with Crippen LogP contribution in [0.25, 0.3) is 0 Å². The lowest BCUT2D eigenvalue weighted by molar-refractivity contribution is 0.144. The van der Waals surface area contributed by atoms with Crippen LogP contribution in [0.15, 0.2) is 42.5 Å². The first-order valence-electron chi connectivity index (χ1n) is 8.40. The second kappa shape index (κ2) is 6.65. The summed E-state index contributed by atoms with van der Waals surface area (Å²) in [5.74, 6) is 0.318. The first kappa shape index (κ1) is 16.5. The van der Waals surface area contributed by atoms with Crippen LogP contribution < -0.4 is 10.6 Å². The Bertz CT molecular complexity index is 755. The van der Waals surface area contributed by atoms with E-state index in [2.05, 4.69) is 24.5 Å². The van der Waals surface area contributed by atoms with Crippen LogP contribution >= 0.6 is 0 Å². The number of hydrogen-bond donors (Lipinski definition) is 3. The average Bonchev–Trinajstić information content (AvgIpc) is 2.85. The summed E-state index contributed by atoms with van der Waals surface area (Å²) in [5.41, 5.74) is 5.08. The Morgan fingerprint density at radius 1 is 1.17 bits per heavy atom. The molecule has 2 amide bonds. The van der Waals surface area contributed by atoms with Gasteiger partial charge < -0.3 is 15.7 Å². The normalized spacial score (nSPS) is 19.2. The van der Waals surface area contributed by atoms with Gasteiger partial charge in [-0.3, -0.25) is 0 Å². The zero-order valence-electron chi connectivity index (χ0n) is 14.3. The number of hydrogen-bond acceptors (Lipinski definition) is 2. The van der Waals surface area contributed by atoms with Crippen molar-refractivity contribution >= 4 is 11.7 Å². The van der Waals surface area contributed by atoms with Crippen LogP contribution in [0.5, 0.6) is 0 Å². The van der Waals surface area contributed by atoms with E-state index in [0.717, 1.165) is 27.9 Å². The Kier molecular flexibility index (Phi) is 4.58. The third-order valence-electron chi connectivity index (χ3n) is 4.66. The summed E-state index contributed by atoms with van der Waals surface area (Å²) in [7, 11) is 0. The van der Waals surface area contributed by atoms with Crippen LogP contribution in [0, 0.1) is 6.92 Å². The van der Waals surface area contributed by atoms with Gasteiger partial charge in [0.05, 0.1) is 12.1 Å². The minimum Gasteiger partial charge on any atom is -0.390 e. The number of urea groups is 1. The minimum absolute atomic E-state index is 0.285. The van der Waals surface area contributed by atoms with Crippen molar-refractivity contribution in [2.75, 3.05) is 5.32 Å². The Balaban J connectivity index is 1.78. The zero-order valence-corrected chi connectivity index (χ0v) is 14.3. The van der Waals surface area contributed by atoms with Gasteiger partial charge in [0.2, 0.25) is 0 Å². The fraction of sp³-hybridized carbons (Fsp3) is 0.350. The summed E-state index contributed by atoms with van der Waals surface area (Å²) in [5, 5.41) is 16.2. The van der Waals surface area contributed by atoms with Crippen molar-refractivity contribution < 1.29 is 9.90 Å². The number of rotatable bonds is 3. The quantitative estimate of drug-likeness (QED) is 0.802. The fourth-order valence-corrected chi connectivity index (χ4v) is 3.38. The summed E-state index contributed by atoms with van der Waals surface area (Å²) >= 11 is 0. The molecule has 3 rings (SSSR count). The SMILES string of the molecule is Cc1cccc(C(C)C)c1NC(=O)N[C@@H]1c2ccccc2C[C@@H]1O. The molecule has 0 unspecified atom stereocenters. The smallest absolute Gasteiger partial charge is 0.319 e. The van der Waals surface area contributed by atoms with Gasteiger partial charge >= 0.3 is 6.03 Å². The van der Waals surface area contributed by atoms with Crippen molar-refractivity contribution in [3.8, 4) is 0 Å². The molecule has 4 heteroatoms. The number of aliphatic hydroxyl groups is 1. The minimum atomic E-state index is -0.588. The molecule has 2 atom stereocenters. The molecule has 2 aromatic carbocycles. The summed E-state index contributed by atoms with van der Waals surface area (Å²) in [6, 6.07) is 13.2. The van der Waals surface area contributed by atoms with E-state index in [9.17, 15) is 9.90 Å². The van der Waals surface area contributed by atoms with Crippen LogP contribution in [0.2, 0.25) is 0 Å². The van der Waals surface area contributed by atoms with Gasteiger partial charge in [-0.1, -0.05) is 56.3 Å². The van der Waals surface area contributed by atoms with Crippen LogP contribution in [0.1, 0.15) is 48.1 Å². The molecule has 24 heavy (non-hydrogen) atoms. The van der Waals surface area contributed by atoms with E-state index >= 15 is 0 Å². The molecule has 126 valence electrons. The summed E-state index contributed by atoms with van der Waals surface area (Å²) in [6.45, 7) is 6.20. The van der Waals surface area contributed by atoms with Gasteiger partial charge in [-0.05, 0) is 35.1 Å². The van der Waals surface area contributed by atoms with Crippen molar-refractivity contribution in [3.05, 3.63) is 64.7 Å². The molecule has 0 saturated heterocycles.